The van der Waals surface area contributed by atoms with Crippen LogP contribution < -0.4 is 5.32 Å². The van der Waals surface area contributed by atoms with E-state index in [0.717, 1.165) is 5.69 Å². The minimum Gasteiger partial charge on any atom is -0.388 e. The molecule has 0 bridgehead atoms. The van der Waals surface area contributed by atoms with Crippen LogP contribution in [0.15, 0.2) is 23.1 Å². The lowest BCUT2D eigenvalue weighted by Crippen LogP contribution is -2.10. The minimum atomic E-state index is -4.18. The molecular formula is C9H9ClF3NS. The van der Waals surface area contributed by atoms with Crippen LogP contribution in [0.25, 0.3) is 0 Å². The Balaban J connectivity index is 2.75. The first-order valence-electron chi connectivity index (χ1n) is 4.09. The Labute approximate surface area is 95.0 Å². The predicted octanol–water partition coefficient (Wildman–Crippen LogP) is 4.04. The van der Waals surface area contributed by atoms with Crippen molar-refractivity contribution in [1.82, 2.24) is 0 Å². The fraction of sp³-hybridized carbons (Fsp3) is 0.333. The van der Waals surface area contributed by atoms with Gasteiger partial charge in [-0.05, 0) is 18.2 Å². The molecule has 0 aliphatic carbocycles. The van der Waals surface area contributed by atoms with Gasteiger partial charge >= 0.3 is 6.18 Å². The number of hydrogen-bond donors (Lipinski definition) is 1. The third-order valence-corrected chi connectivity index (χ3v) is 3.17. The van der Waals surface area contributed by atoms with E-state index in [1.807, 2.05) is 0 Å². The first-order valence-corrected chi connectivity index (χ1v) is 5.45. The molecule has 84 valence electrons. The minimum absolute atomic E-state index is 0.336. The number of halogens is 4. The third-order valence-electron chi connectivity index (χ3n) is 1.61. The molecule has 6 heteroatoms. The quantitative estimate of drug-likeness (QED) is 0.819. The summed E-state index contributed by atoms with van der Waals surface area (Å²) in [6.07, 6.45) is -4.18. The van der Waals surface area contributed by atoms with Crippen molar-refractivity contribution in [3.8, 4) is 0 Å². The summed E-state index contributed by atoms with van der Waals surface area (Å²) in [6, 6.07) is 4.88. The highest BCUT2D eigenvalue weighted by Gasteiger charge is 2.27. The molecule has 1 aromatic carbocycles. The molecule has 0 saturated heterocycles. The number of thioether (sulfide) groups is 1. The fourth-order valence-corrected chi connectivity index (χ4v) is 1.95. The number of hydrogen-bond acceptors (Lipinski definition) is 2. The van der Waals surface area contributed by atoms with Crippen LogP contribution in [-0.4, -0.2) is 19.0 Å². The zero-order valence-electron chi connectivity index (χ0n) is 7.86. The Morgan fingerprint density at radius 3 is 2.60 bits per heavy atom. The van der Waals surface area contributed by atoms with Crippen molar-refractivity contribution < 1.29 is 13.2 Å². The van der Waals surface area contributed by atoms with Crippen LogP contribution in [0.4, 0.5) is 18.9 Å². The SMILES string of the molecule is CNc1ccc(Cl)c(SCC(F)(F)F)c1. The highest BCUT2D eigenvalue weighted by Crippen LogP contribution is 2.33. The molecule has 1 rings (SSSR count). The van der Waals surface area contributed by atoms with Crippen LogP contribution in [0, 0.1) is 0 Å². The molecule has 1 N–H and O–H groups in total. The molecule has 0 aromatic heterocycles. The van der Waals surface area contributed by atoms with E-state index in [0.29, 0.717) is 21.7 Å². The monoisotopic (exact) mass is 255 g/mol. The molecule has 0 atom stereocenters. The summed E-state index contributed by atoms with van der Waals surface area (Å²) >= 11 is 6.45. The van der Waals surface area contributed by atoms with Gasteiger partial charge in [-0.15, -0.1) is 11.8 Å². The number of anilines is 1. The standard InChI is InChI=1S/C9H9ClF3NS/c1-14-6-2-3-7(10)8(4-6)15-5-9(11,12)13/h2-4,14H,5H2,1H3. The van der Waals surface area contributed by atoms with E-state index in [-0.39, 0.29) is 0 Å². The molecule has 15 heavy (non-hydrogen) atoms. The van der Waals surface area contributed by atoms with Crippen LogP contribution in [0.5, 0.6) is 0 Å². The molecular weight excluding hydrogens is 247 g/mol. The predicted molar refractivity (Wildman–Crippen MR) is 57.8 cm³/mol. The van der Waals surface area contributed by atoms with Crippen molar-refractivity contribution >= 4 is 29.1 Å². The van der Waals surface area contributed by atoms with Gasteiger partial charge in [-0.2, -0.15) is 13.2 Å². The third kappa shape index (κ3) is 4.22. The molecule has 1 aromatic rings. The maximum Gasteiger partial charge on any atom is 0.398 e. The molecule has 0 saturated carbocycles. The Morgan fingerprint density at radius 1 is 1.40 bits per heavy atom. The van der Waals surface area contributed by atoms with E-state index in [2.05, 4.69) is 5.32 Å². The van der Waals surface area contributed by atoms with Gasteiger partial charge in [0.25, 0.3) is 0 Å². The van der Waals surface area contributed by atoms with Crippen molar-refractivity contribution in [2.24, 2.45) is 0 Å². The maximum absolute atomic E-state index is 12.0. The van der Waals surface area contributed by atoms with Crippen molar-refractivity contribution in [3.05, 3.63) is 23.2 Å². The van der Waals surface area contributed by atoms with Gasteiger partial charge in [-0.1, -0.05) is 11.6 Å². The zero-order valence-corrected chi connectivity index (χ0v) is 9.43. The maximum atomic E-state index is 12.0. The van der Waals surface area contributed by atoms with Crippen molar-refractivity contribution in [1.29, 1.82) is 0 Å². The van der Waals surface area contributed by atoms with E-state index < -0.39 is 11.9 Å². The molecule has 0 aliphatic heterocycles. The van der Waals surface area contributed by atoms with Gasteiger partial charge in [-0.25, -0.2) is 0 Å². The molecule has 0 spiro atoms. The summed E-state index contributed by atoms with van der Waals surface area (Å²) in [5, 5.41) is 3.17. The Morgan fingerprint density at radius 2 is 2.07 bits per heavy atom. The highest BCUT2D eigenvalue weighted by atomic mass is 35.5. The summed E-state index contributed by atoms with van der Waals surface area (Å²) < 4.78 is 35.9. The number of nitrogens with one attached hydrogen (secondary N) is 1. The number of rotatable bonds is 3. The molecule has 0 amide bonds. The number of benzene rings is 1. The van der Waals surface area contributed by atoms with Gasteiger partial charge in [0.1, 0.15) is 0 Å². The molecule has 0 aliphatic rings. The average Bonchev–Trinajstić information content (AvgIpc) is 2.15. The largest absolute Gasteiger partial charge is 0.398 e. The van der Waals surface area contributed by atoms with E-state index in [1.165, 1.54) is 0 Å². The summed E-state index contributed by atoms with van der Waals surface area (Å²) in [7, 11) is 1.70. The van der Waals surface area contributed by atoms with E-state index in [9.17, 15) is 13.2 Å². The Kier molecular flexibility index (Phi) is 4.16. The van der Waals surface area contributed by atoms with Crippen LogP contribution in [-0.2, 0) is 0 Å². The van der Waals surface area contributed by atoms with Crippen molar-refractivity contribution in [3.63, 3.8) is 0 Å². The molecule has 0 unspecified atom stereocenters. The van der Waals surface area contributed by atoms with Gasteiger partial charge in [0, 0.05) is 17.6 Å². The summed E-state index contributed by atoms with van der Waals surface area (Å²) in [4.78, 5) is 0.431. The van der Waals surface area contributed by atoms with Crippen molar-refractivity contribution in [2.75, 3.05) is 18.1 Å². The van der Waals surface area contributed by atoms with Crippen molar-refractivity contribution in [2.45, 2.75) is 11.1 Å². The first-order chi connectivity index (χ1) is 6.92. The van der Waals surface area contributed by atoms with E-state index in [4.69, 9.17) is 11.6 Å². The summed E-state index contributed by atoms with van der Waals surface area (Å²) in [5.41, 5.74) is 0.740. The highest BCUT2D eigenvalue weighted by molar-refractivity contribution is 7.99. The second kappa shape index (κ2) is 4.99. The summed E-state index contributed by atoms with van der Waals surface area (Å²) in [6.45, 7) is 0. The summed E-state index contributed by atoms with van der Waals surface area (Å²) in [5.74, 6) is -0.931. The van der Waals surface area contributed by atoms with Crippen LogP contribution in [0.3, 0.4) is 0 Å². The van der Waals surface area contributed by atoms with Crippen LogP contribution in [0.1, 0.15) is 0 Å². The lowest BCUT2D eigenvalue weighted by atomic mass is 10.3. The smallest absolute Gasteiger partial charge is 0.388 e. The fourth-order valence-electron chi connectivity index (χ4n) is 0.929. The second-order valence-corrected chi connectivity index (χ2v) is 4.22. The zero-order chi connectivity index (χ0) is 11.5. The van der Waals surface area contributed by atoms with Crippen LogP contribution >= 0.6 is 23.4 Å². The number of alkyl halides is 3. The van der Waals surface area contributed by atoms with Gasteiger partial charge < -0.3 is 5.32 Å². The average molecular weight is 256 g/mol. The molecule has 0 radical (unpaired) electrons. The van der Waals surface area contributed by atoms with E-state index >= 15 is 0 Å². The topological polar surface area (TPSA) is 12.0 Å². The molecule has 0 fully saturated rings. The van der Waals surface area contributed by atoms with Crippen LogP contribution in [0.2, 0.25) is 5.02 Å². The van der Waals surface area contributed by atoms with Gasteiger partial charge in [0.15, 0.2) is 0 Å². The van der Waals surface area contributed by atoms with E-state index in [1.54, 1.807) is 25.2 Å². The Bertz CT molecular complexity index is 341. The lowest BCUT2D eigenvalue weighted by Gasteiger charge is -2.09. The second-order valence-electron chi connectivity index (χ2n) is 2.80. The van der Waals surface area contributed by atoms with Gasteiger partial charge in [0.2, 0.25) is 0 Å². The van der Waals surface area contributed by atoms with Gasteiger partial charge in [0.05, 0.1) is 10.8 Å². The first kappa shape index (κ1) is 12.5. The normalized spacial score (nSPS) is 11.5. The Hall–Kier alpha value is -0.550. The molecule has 0 heterocycles. The van der Waals surface area contributed by atoms with Gasteiger partial charge in [-0.3, -0.25) is 0 Å². The lowest BCUT2D eigenvalue weighted by molar-refractivity contribution is -0.105. The molecule has 1 nitrogen and oxygen atoms in total.